The summed E-state index contributed by atoms with van der Waals surface area (Å²) in [7, 11) is 0. The molecule has 0 amide bonds. The summed E-state index contributed by atoms with van der Waals surface area (Å²) in [5, 5.41) is 3.28. The average Bonchev–Trinajstić information content (AvgIpc) is 2.42. The molecule has 2 rings (SSSR count). The molecule has 1 N–H and O–H groups in total. The number of halogens is 1. The van der Waals surface area contributed by atoms with Crippen LogP contribution >= 0.6 is 0 Å². The highest BCUT2D eigenvalue weighted by Gasteiger charge is 1.99. The van der Waals surface area contributed by atoms with E-state index in [0.29, 0.717) is 6.61 Å². The number of ether oxygens (including phenoxy) is 1. The minimum Gasteiger partial charge on any atom is -0.492 e. The monoisotopic (exact) mass is 259 g/mol. The van der Waals surface area contributed by atoms with E-state index in [1.54, 1.807) is 6.07 Å². The average molecular weight is 259 g/mol. The molecule has 2 aromatic rings. The second-order valence-electron chi connectivity index (χ2n) is 4.41. The Kier molecular flexibility index (Phi) is 4.93. The Balaban J connectivity index is 1.69. The molecule has 0 saturated heterocycles. The van der Waals surface area contributed by atoms with Crippen LogP contribution in [-0.4, -0.2) is 13.2 Å². The lowest BCUT2D eigenvalue weighted by Gasteiger charge is -2.09. The van der Waals surface area contributed by atoms with Gasteiger partial charge in [-0.15, -0.1) is 0 Å². The summed E-state index contributed by atoms with van der Waals surface area (Å²) >= 11 is 0. The third-order valence-electron chi connectivity index (χ3n) is 2.91. The Morgan fingerprint density at radius 1 is 1.11 bits per heavy atom. The van der Waals surface area contributed by atoms with Crippen molar-refractivity contribution in [1.29, 1.82) is 0 Å². The first-order chi connectivity index (χ1) is 9.25. The second-order valence-corrected chi connectivity index (χ2v) is 4.41. The van der Waals surface area contributed by atoms with Crippen molar-refractivity contribution in [3.05, 3.63) is 65.5 Å². The molecule has 0 aliphatic rings. The molecule has 2 nitrogen and oxygen atoms in total. The molecule has 2 aromatic carbocycles. The van der Waals surface area contributed by atoms with Crippen LogP contribution in [0.5, 0.6) is 5.75 Å². The summed E-state index contributed by atoms with van der Waals surface area (Å²) < 4.78 is 18.5. The van der Waals surface area contributed by atoms with Crippen molar-refractivity contribution >= 4 is 0 Å². The van der Waals surface area contributed by atoms with Crippen molar-refractivity contribution in [2.45, 2.75) is 13.5 Å². The first-order valence-corrected chi connectivity index (χ1v) is 6.39. The van der Waals surface area contributed by atoms with E-state index in [9.17, 15) is 4.39 Å². The van der Waals surface area contributed by atoms with Crippen LogP contribution in [0.1, 0.15) is 11.1 Å². The lowest BCUT2D eigenvalue weighted by molar-refractivity contribution is 0.313. The van der Waals surface area contributed by atoms with E-state index in [4.69, 9.17) is 4.74 Å². The highest BCUT2D eigenvalue weighted by molar-refractivity contribution is 5.26. The van der Waals surface area contributed by atoms with Crippen LogP contribution in [0.3, 0.4) is 0 Å². The number of aryl methyl sites for hydroxylation is 1. The molecular weight excluding hydrogens is 241 g/mol. The number of hydrogen-bond donors (Lipinski definition) is 1. The lowest BCUT2D eigenvalue weighted by Crippen LogP contribution is -2.21. The standard InChI is InChI=1S/C16H18FNO/c1-13-11-15(17)8-7-14(13)12-18-9-10-19-16-5-3-2-4-6-16/h2-8,11,18H,9-10,12H2,1H3. The van der Waals surface area contributed by atoms with Gasteiger partial charge in [0.1, 0.15) is 18.2 Å². The van der Waals surface area contributed by atoms with Crippen molar-refractivity contribution in [1.82, 2.24) is 5.32 Å². The second kappa shape index (κ2) is 6.90. The van der Waals surface area contributed by atoms with E-state index >= 15 is 0 Å². The van der Waals surface area contributed by atoms with Crippen LogP contribution in [0, 0.1) is 12.7 Å². The van der Waals surface area contributed by atoms with E-state index in [2.05, 4.69) is 5.32 Å². The van der Waals surface area contributed by atoms with Crippen LogP contribution in [0.15, 0.2) is 48.5 Å². The molecular formula is C16H18FNO. The number of hydrogen-bond acceptors (Lipinski definition) is 2. The van der Waals surface area contributed by atoms with Crippen molar-refractivity contribution in [2.75, 3.05) is 13.2 Å². The fourth-order valence-electron chi connectivity index (χ4n) is 1.84. The van der Waals surface area contributed by atoms with Gasteiger partial charge in [0, 0.05) is 13.1 Å². The van der Waals surface area contributed by atoms with Crippen LogP contribution in [-0.2, 0) is 6.54 Å². The fraction of sp³-hybridized carbons (Fsp3) is 0.250. The van der Waals surface area contributed by atoms with E-state index in [1.807, 2.05) is 43.3 Å². The molecule has 0 bridgehead atoms. The molecule has 0 aliphatic heterocycles. The topological polar surface area (TPSA) is 21.3 Å². The SMILES string of the molecule is Cc1cc(F)ccc1CNCCOc1ccccc1. The van der Waals surface area contributed by atoms with Gasteiger partial charge >= 0.3 is 0 Å². The lowest BCUT2D eigenvalue weighted by atomic mass is 10.1. The first kappa shape index (κ1) is 13.6. The van der Waals surface area contributed by atoms with Gasteiger partial charge in [0.15, 0.2) is 0 Å². The number of nitrogens with one attached hydrogen (secondary N) is 1. The Morgan fingerprint density at radius 3 is 2.63 bits per heavy atom. The van der Waals surface area contributed by atoms with Gasteiger partial charge < -0.3 is 10.1 Å². The smallest absolute Gasteiger partial charge is 0.123 e. The molecule has 0 aliphatic carbocycles. The minimum absolute atomic E-state index is 0.186. The molecule has 100 valence electrons. The maximum Gasteiger partial charge on any atom is 0.123 e. The molecule has 0 spiro atoms. The maximum atomic E-state index is 12.9. The normalized spacial score (nSPS) is 10.4. The van der Waals surface area contributed by atoms with Gasteiger partial charge in [-0.2, -0.15) is 0 Å². The maximum absolute atomic E-state index is 12.9. The highest BCUT2D eigenvalue weighted by atomic mass is 19.1. The van der Waals surface area contributed by atoms with Crippen LogP contribution in [0.4, 0.5) is 4.39 Å². The minimum atomic E-state index is -0.186. The third kappa shape index (κ3) is 4.38. The number of rotatable bonds is 6. The number of benzene rings is 2. The van der Waals surface area contributed by atoms with Gasteiger partial charge in [-0.05, 0) is 42.3 Å². The zero-order chi connectivity index (χ0) is 13.5. The summed E-state index contributed by atoms with van der Waals surface area (Å²) in [6, 6.07) is 14.6. The summed E-state index contributed by atoms with van der Waals surface area (Å²) in [6.45, 7) is 4.01. The first-order valence-electron chi connectivity index (χ1n) is 6.39. The van der Waals surface area contributed by atoms with Crippen LogP contribution in [0.25, 0.3) is 0 Å². The molecule has 0 heterocycles. The van der Waals surface area contributed by atoms with Crippen LogP contribution in [0.2, 0.25) is 0 Å². The molecule has 0 saturated carbocycles. The van der Waals surface area contributed by atoms with Crippen molar-refractivity contribution in [3.8, 4) is 5.75 Å². The summed E-state index contributed by atoms with van der Waals surface area (Å²) in [4.78, 5) is 0. The van der Waals surface area contributed by atoms with E-state index in [-0.39, 0.29) is 5.82 Å². The zero-order valence-corrected chi connectivity index (χ0v) is 11.0. The molecule has 0 aromatic heterocycles. The van der Waals surface area contributed by atoms with Gasteiger partial charge in [-0.25, -0.2) is 4.39 Å². The summed E-state index contributed by atoms with van der Waals surface area (Å²) in [6.07, 6.45) is 0. The van der Waals surface area contributed by atoms with Gasteiger partial charge in [-0.1, -0.05) is 24.3 Å². The Labute approximate surface area is 113 Å². The molecule has 3 heteroatoms. The van der Waals surface area contributed by atoms with Gasteiger partial charge in [0.25, 0.3) is 0 Å². The third-order valence-corrected chi connectivity index (χ3v) is 2.91. The largest absolute Gasteiger partial charge is 0.492 e. The Bertz CT molecular complexity index is 513. The van der Waals surface area contributed by atoms with Gasteiger partial charge in [0.05, 0.1) is 0 Å². The van der Waals surface area contributed by atoms with E-state index in [1.165, 1.54) is 6.07 Å². The zero-order valence-electron chi connectivity index (χ0n) is 11.0. The van der Waals surface area contributed by atoms with Crippen molar-refractivity contribution in [2.24, 2.45) is 0 Å². The van der Waals surface area contributed by atoms with Gasteiger partial charge in [-0.3, -0.25) is 0 Å². The number of para-hydroxylation sites is 1. The molecule has 0 unspecified atom stereocenters. The molecule has 19 heavy (non-hydrogen) atoms. The molecule has 0 atom stereocenters. The summed E-state index contributed by atoms with van der Waals surface area (Å²) in [5.74, 6) is 0.691. The van der Waals surface area contributed by atoms with Gasteiger partial charge in [0.2, 0.25) is 0 Å². The van der Waals surface area contributed by atoms with E-state index < -0.39 is 0 Å². The van der Waals surface area contributed by atoms with Crippen molar-refractivity contribution < 1.29 is 9.13 Å². The van der Waals surface area contributed by atoms with Crippen LogP contribution < -0.4 is 10.1 Å². The summed E-state index contributed by atoms with van der Waals surface area (Å²) in [5.41, 5.74) is 2.08. The Hall–Kier alpha value is -1.87. The highest BCUT2D eigenvalue weighted by Crippen LogP contribution is 2.10. The molecule has 0 radical (unpaired) electrons. The quantitative estimate of drug-likeness (QED) is 0.804. The van der Waals surface area contributed by atoms with E-state index in [0.717, 1.165) is 30.0 Å². The predicted molar refractivity (Wildman–Crippen MR) is 74.8 cm³/mol. The fourth-order valence-corrected chi connectivity index (χ4v) is 1.84. The van der Waals surface area contributed by atoms with Crippen molar-refractivity contribution in [3.63, 3.8) is 0 Å². The molecule has 0 fully saturated rings. The Morgan fingerprint density at radius 2 is 1.89 bits per heavy atom. The predicted octanol–water partition coefficient (Wildman–Crippen LogP) is 3.30.